The van der Waals surface area contributed by atoms with Crippen molar-refractivity contribution >= 4 is 21.6 Å². The highest BCUT2D eigenvalue weighted by Crippen LogP contribution is 2.24. The van der Waals surface area contributed by atoms with Crippen LogP contribution in [0.15, 0.2) is 39.6 Å². The number of furan rings is 1. The highest BCUT2D eigenvalue weighted by molar-refractivity contribution is 7.89. The molecule has 1 amide bonds. The van der Waals surface area contributed by atoms with Crippen molar-refractivity contribution in [1.82, 2.24) is 4.31 Å². The molecule has 0 saturated carbocycles. The van der Waals surface area contributed by atoms with Crippen molar-refractivity contribution in [1.29, 1.82) is 0 Å². The lowest BCUT2D eigenvalue weighted by molar-refractivity contribution is 0.102. The molecule has 2 aromatic rings. The second kappa shape index (κ2) is 6.41. The van der Waals surface area contributed by atoms with Gasteiger partial charge in [-0.3, -0.25) is 4.79 Å². The first-order chi connectivity index (χ1) is 11.4. The average Bonchev–Trinajstić information content (AvgIpc) is 3.17. The van der Waals surface area contributed by atoms with E-state index >= 15 is 0 Å². The molecule has 128 valence electrons. The van der Waals surface area contributed by atoms with Gasteiger partial charge in [-0.2, -0.15) is 4.31 Å². The molecule has 0 spiro atoms. The lowest BCUT2D eigenvalue weighted by atomic mass is 10.2. The number of carbonyl (C=O) groups is 1. The van der Waals surface area contributed by atoms with E-state index in [-0.39, 0.29) is 10.8 Å². The lowest BCUT2D eigenvalue weighted by Crippen LogP contribution is -2.27. The molecule has 1 aromatic heterocycles. The van der Waals surface area contributed by atoms with Gasteiger partial charge in [0.05, 0.1) is 10.5 Å². The van der Waals surface area contributed by atoms with E-state index < -0.39 is 10.0 Å². The molecule has 0 radical (unpaired) electrons. The molecule has 3 rings (SSSR count). The number of nitrogens with one attached hydrogen (secondary N) is 1. The Kier molecular flexibility index (Phi) is 4.47. The molecule has 1 aromatic carbocycles. The first-order valence-corrected chi connectivity index (χ1v) is 9.30. The fourth-order valence-corrected chi connectivity index (χ4v) is 4.43. The van der Waals surface area contributed by atoms with Crippen molar-refractivity contribution < 1.29 is 17.6 Å². The molecular weight excluding hydrogens is 328 g/mol. The van der Waals surface area contributed by atoms with E-state index in [1.165, 1.54) is 10.4 Å². The lowest BCUT2D eigenvalue weighted by Gasteiger charge is -2.16. The van der Waals surface area contributed by atoms with Crippen LogP contribution >= 0.6 is 0 Å². The number of carbonyl (C=O) groups excluding carboxylic acids is 1. The van der Waals surface area contributed by atoms with E-state index in [4.69, 9.17) is 4.42 Å². The number of amides is 1. The Morgan fingerprint density at radius 1 is 1.17 bits per heavy atom. The highest BCUT2D eigenvalue weighted by Gasteiger charge is 2.27. The minimum absolute atomic E-state index is 0.197. The fourth-order valence-electron chi connectivity index (χ4n) is 2.87. The number of sulfonamides is 1. The molecule has 0 bridgehead atoms. The van der Waals surface area contributed by atoms with Gasteiger partial charge in [-0.1, -0.05) is 6.07 Å². The molecule has 1 N–H and O–H groups in total. The van der Waals surface area contributed by atoms with Crippen molar-refractivity contribution in [3.63, 3.8) is 0 Å². The molecule has 6 nitrogen and oxygen atoms in total. The van der Waals surface area contributed by atoms with Gasteiger partial charge >= 0.3 is 0 Å². The number of hydrogen-bond donors (Lipinski definition) is 1. The van der Waals surface area contributed by atoms with Crippen molar-refractivity contribution in [3.8, 4) is 0 Å². The van der Waals surface area contributed by atoms with E-state index in [2.05, 4.69) is 5.32 Å². The van der Waals surface area contributed by atoms with Gasteiger partial charge in [0.1, 0.15) is 11.5 Å². The third-order valence-electron chi connectivity index (χ3n) is 4.08. The number of aryl methyl sites for hydroxylation is 2. The van der Waals surface area contributed by atoms with E-state index in [0.717, 1.165) is 12.8 Å². The summed E-state index contributed by atoms with van der Waals surface area (Å²) in [6, 6.07) is 8.01. The van der Waals surface area contributed by atoms with E-state index in [0.29, 0.717) is 35.9 Å². The van der Waals surface area contributed by atoms with Crippen molar-refractivity contribution in [2.45, 2.75) is 31.6 Å². The summed E-state index contributed by atoms with van der Waals surface area (Å²) in [5.41, 5.74) is 0.888. The van der Waals surface area contributed by atoms with Crippen molar-refractivity contribution in [2.75, 3.05) is 18.4 Å². The Balaban J connectivity index is 1.83. The van der Waals surface area contributed by atoms with Crippen LogP contribution in [0.3, 0.4) is 0 Å². The normalized spacial score (nSPS) is 15.6. The second-order valence-electron chi connectivity index (χ2n) is 5.92. The molecule has 1 aliphatic heterocycles. The third-order valence-corrected chi connectivity index (χ3v) is 5.97. The van der Waals surface area contributed by atoms with Gasteiger partial charge in [-0.25, -0.2) is 8.42 Å². The molecule has 1 fully saturated rings. The maximum absolute atomic E-state index is 12.6. The number of nitrogens with zero attached hydrogens (tertiary/aromatic N) is 1. The summed E-state index contributed by atoms with van der Waals surface area (Å²) in [5.74, 6) is 0.869. The predicted octanol–water partition coefficient (Wildman–Crippen LogP) is 2.93. The van der Waals surface area contributed by atoms with Crippen LogP contribution in [0.4, 0.5) is 5.69 Å². The van der Waals surface area contributed by atoms with Gasteiger partial charge in [0.2, 0.25) is 10.0 Å². The Morgan fingerprint density at radius 2 is 1.88 bits per heavy atom. The van der Waals surface area contributed by atoms with E-state index in [1.807, 2.05) is 0 Å². The number of anilines is 1. The molecule has 0 atom stereocenters. The van der Waals surface area contributed by atoms with Crippen LogP contribution < -0.4 is 5.32 Å². The van der Waals surface area contributed by atoms with Gasteiger partial charge < -0.3 is 9.73 Å². The molecule has 2 heterocycles. The maximum atomic E-state index is 12.6. The predicted molar refractivity (Wildman–Crippen MR) is 90.6 cm³/mol. The topological polar surface area (TPSA) is 79.6 Å². The zero-order chi connectivity index (χ0) is 17.3. The van der Waals surface area contributed by atoms with Crippen LogP contribution in [0.5, 0.6) is 0 Å². The monoisotopic (exact) mass is 348 g/mol. The van der Waals surface area contributed by atoms with Crippen LogP contribution in [0, 0.1) is 13.8 Å². The summed E-state index contributed by atoms with van der Waals surface area (Å²) >= 11 is 0. The maximum Gasteiger partial charge on any atom is 0.259 e. The Morgan fingerprint density at radius 3 is 2.50 bits per heavy atom. The molecule has 1 aliphatic rings. The fraction of sp³-hybridized carbons (Fsp3) is 0.353. The van der Waals surface area contributed by atoms with Gasteiger partial charge in [-0.05, 0) is 51.0 Å². The van der Waals surface area contributed by atoms with Crippen molar-refractivity contribution in [2.24, 2.45) is 0 Å². The summed E-state index contributed by atoms with van der Waals surface area (Å²) in [6.07, 6.45) is 1.77. The minimum Gasteiger partial charge on any atom is -0.466 e. The number of hydrogen-bond acceptors (Lipinski definition) is 4. The Bertz CT molecular complexity index is 864. The van der Waals surface area contributed by atoms with E-state index in [9.17, 15) is 13.2 Å². The van der Waals surface area contributed by atoms with Gasteiger partial charge in [0.15, 0.2) is 0 Å². The summed E-state index contributed by atoms with van der Waals surface area (Å²) in [5, 5.41) is 2.73. The average molecular weight is 348 g/mol. The van der Waals surface area contributed by atoms with Crippen LogP contribution in [0.1, 0.15) is 34.7 Å². The standard InChI is InChI=1S/C17H20N2O4S/c1-12-10-16(13(2)23-12)17(20)18-14-6-5-7-15(11-14)24(21,22)19-8-3-4-9-19/h5-7,10-11H,3-4,8-9H2,1-2H3,(H,18,20). The van der Waals surface area contributed by atoms with Gasteiger partial charge in [0.25, 0.3) is 5.91 Å². The zero-order valence-electron chi connectivity index (χ0n) is 13.7. The first kappa shape index (κ1) is 16.7. The van der Waals surface area contributed by atoms with Crippen LogP contribution in [-0.2, 0) is 10.0 Å². The summed E-state index contributed by atoms with van der Waals surface area (Å²) in [7, 11) is -3.50. The van der Waals surface area contributed by atoms with Crippen LogP contribution in [0.2, 0.25) is 0 Å². The first-order valence-electron chi connectivity index (χ1n) is 7.86. The smallest absolute Gasteiger partial charge is 0.259 e. The molecule has 7 heteroatoms. The van der Waals surface area contributed by atoms with Crippen LogP contribution in [0.25, 0.3) is 0 Å². The largest absolute Gasteiger partial charge is 0.466 e. The molecule has 1 saturated heterocycles. The number of rotatable bonds is 4. The Hall–Kier alpha value is -2.12. The molecule has 0 aliphatic carbocycles. The minimum atomic E-state index is -3.50. The quantitative estimate of drug-likeness (QED) is 0.921. The highest BCUT2D eigenvalue weighted by atomic mass is 32.2. The Labute approximate surface area is 141 Å². The van der Waals surface area contributed by atoms with Gasteiger partial charge in [-0.15, -0.1) is 0 Å². The third kappa shape index (κ3) is 3.22. The summed E-state index contributed by atoms with van der Waals surface area (Å²) in [4.78, 5) is 12.5. The summed E-state index contributed by atoms with van der Waals surface area (Å²) in [6.45, 7) is 4.59. The zero-order valence-corrected chi connectivity index (χ0v) is 14.5. The van der Waals surface area contributed by atoms with Crippen LogP contribution in [-0.4, -0.2) is 31.7 Å². The molecule has 24 heavy (non-hydrogen) atoms. The number of benzene rings is 1. The summed E-state index contributed by atoms with van der Waals surface area (Å²) < 4.78 is 32.0. The SMILES string of the molecule is Cc1cc(C(=O)Nc2cccc(S(=O)(=O)N3CCCC3)c2)c(C)o1. The molecular formula is C17H20N2O4S. The molecule has 0 unspecified atom stereocenters. The van der Waals surface area contributed by atoms with Crippen molar-refractivity contribution in [3.05, 3.63) is 47.4 Å². The van der Waals surface area contributed by atoms with E-state index in [1.54, 1.807) is 38.1 Å². The van der Waals surface area contributed by atoms with Gasteiger partial charge in [0, 0.05) is 18.8 Å². The second-order valence-corrected chi connectivity index (χ2v) is 7.86.